The van der Waals surface area contributed by atoms with Crippen LogP contribution in [0, 0.1) is 0 Å². The molecular formula is C12H14ClNO4. The number of carboxylic acid groups (broad SMARTS) is 1. The number of amides is 1. The first-order valence-corrected chi connectivity index (χ1v) is 5.57. The van der Waals surface area contributed by atoms with Crippen LogP contribution in [0.1, 0.15) is 17.3 Å². The Labute approximate surface area is 110 Å². The van der Waals surface area contributed by atoms with Gasteiger partial charge in [0.15, 0.2) is 5.54 Å². The molecule has 0 aliphatic rings. The monoisotopic (exact) mass is 271 g/mol. The molecule has 1 unspecified atom stereocenters. The topological polar surface area (TPSA) is 75.6 Å². The van der Waals surface area contributed by atoms with E-state index in [2.05, 4.69) is 5.32 Å². The summed E-state index contributed by atoms with van der Waals surface area (Å²) in [6, 6.07) is 6.16. The van der Waals surface area contributed by atoms with Crippen LogP contribution >= 0.6 is 11.6 Å². The third-order valence-electron chi connectivity index (χ3n) is 2.40. The number of methoxy groups -OCH3 is 1. The normalized spacial score (nSPS) is 13.7. The standard InChI is InChI=1S/C12H14ClNO4/c1-12(7-18-2,11(16)17)14-10(15)8-3-5-9(13)6-4-8/h3-6H,7H2,1-2H3,(H,14,15)(H,16,17). The fourth-order valence-electron chi connectivity index (χ4n) is 1.36. The van der Waals surface area contributed by atoms with Gasteiger partial charge in [-0.05, 0) is 31.2 Å². The smallest absolute Gasteiger partial charge is 0.331 e. The van der Waals surface area contributed by atoms with Crippen molar-refractivity contribution in [1.29, 1.82) is 0 Å². The highest BCUT2D eigenvalue weighted by Crippen LogP contribution is 2.11. The lowest BCUT2D eigenvalue weighted by Gasteiger charge is -2.25. The number of rotatable bonds is 5. The van der Waals surface area contributed by atoms with Gasteiger partial charge in [0.1, 0.15) is 0 Å². The van der Waals surface area contributed by atoms with Crippen LogP contribution in [0.5, 0.6) is 0 Å². The molecule has 0 fully saturated rings. The Balaban J connectivity index is 2.85. The van der Waals surface area contributed by atoms with Gasteiger partial charge in [-0.3, -0.25) is 4.79 Å². The van der Waals surface area contributed by atoms with Crippen LogP contribution in [0.15, 0.2) is 24.3 Å². The predicted octanol–water partition coefficient (Wildman–Crippen LogP) is 1.56. The highest BCUT2D eigenvalue weighted by molar-refractivity contribution is 6.30. The van der Waals surface area contributed by atoms with Crippen LogP contribution in [0.3, 0.4) is 0 Å². The zero-order chi connectivity index (χ0) is 13.8. The largest absolute Gasteiger partial charge is 0.479 e. The molecule has 0 radical (unpaired) electrons. The van der Waals surface area contributed by atoms with Crippen LogP contribution in [-0.2, 0) is 9.53 Å². The van der Waals surface area contributed by atoms with Crippen molar-refractivity contribution in [2.24, 2.45) is 0 Å². The van der Waals surface area contributed by atoms with Crippen LogP contribution in [0.2, 0.25) is 5.02 Å². The number of carboxylic acids is 1. The van der Waals surface area contributed by atoms with Gasteiger partial charge in [0.2, 0.25) is 0 Å². The Morgan fingerprint density at radius 1 is 1.39 bits per heavy atom. The fourth-order valence-corrected chi connectivity index (χ4v) is 1.49. The summed E-state index contributed by atoms with van der Waals surface area (Å²) >= 11 is 5.70. The van der Waals surface area contributed by atoms with Crippen LogP contribution in [0.4, 0.5) is 0 Å². The number of hydrogen-bond donors (Lipinski definition) is 2. The lowest BCUT2D eigenvalue weighted by atomic mass is 10.0. The van der Waals surface area contributed by atoms with Gasteiger partial charge in [-0.1, -0.05) is 11.6 Å². The Hall–Kier alpha value is -1.59. The number of hydrogen-bond acceptors (Lipinski definition) is 3. The second-order valence-corrected chi connectivity index (χ2v) is 4.47. The molecule has 0 bridgehead atoms. The zero-order valence-electron chi connectivity index (χ0n) is 10.1. The third kappa shape index (κ3) is 3.45. The van der Waals surface area contributed by atoms with E-state index in [0.29, 0.717) is 10.6 Å². The molecule has 0 saturated heterocycles. The van der Waals surface area contributed by atoms with Crippen molar-refractivity contribution in [1.82, 2.24) is 5.32 Å². The minimum atomic E-state index is -1.47. The molecular weight excluding hydrogens is 258 g/mol. The van der Waals surface area contributed by atoms with E-state index in [4.69, 9.17) is 21.4 Å². The maximum Gasteiger partial charge on any atom is 0.331 e. The van der Waals surface area contributed by atoms with Gasteiger partial charge in [0.05, 0.1) is 6.61 Å². The molecule has 6 heteroatoms. The van der Waals surface area contributed by atoms with Crippen molar-refractivity contribution in [2.75, 3.05) is 13.7 Å². The van der Waals surface area contributed by atoms with Gasteiger partial charge in [-0.15, -0.1) is 0 Å². The minimum absolute atomic E-state index is 0.123. The van der Waals surface area contributed by atoms with Gasteiger partial charge >= 0.3 is 5.97 Å². The molecule has 1 aromatic rings. The average molecular weight is 272 g/mol. The first kappa shape index (κ1) is 14.5. The van der Waals surface area contributed by atoms with E-state index in [-0.39, 0.29) is 6.61 Å². The van der Waals surface area contributed by atoms with E-state index in [1.54, 1.807) is 12.1 Å². The molecule has 1 rings (SSSR count). The van der Waals surface area contributed by atoms with Crippen molar-refractivity contribution < 1.29 is 19.4 Å². The van der Waals surface area contributed by atoms with Crippen molar-refractivity contribution >= 4 is 23.5 Å². The van der Waals surface area contributed by atoms with Crippen molar-refractivity contribution in [3.8, 4) is 0 Å². The number of carbonyl (C=O) groups excluding carboxylic acids is 1. The molecule has 0 spiro atoms. The van der Waals surface area contributed by atoms with Gasteiger partial charge in [0.25, 0.3) is 5.91 Å². The number of nitrogens with one attached hydrogen (secondary N) is 1. The number of carbonyl (C=O) groups is 2. The summed E-state index contributed by atoms with van der Waals surface area (Å²) in [6.07, 6.45) is 0. The maximum absolute atomic E-state index is 11.9. The number of ether oxygens (including phenoxy) is 1. The van der Waals surface area contributed by atoms with E-state index >= 15 is 0 Å². The number of benzene rings is 1. The highest BCUT2D eigenvalue weighted by Gasteiger charge is 2.35. The average Bonchev–Trinajstić information content (AvgIpc) is 2.29. The second-order valence-electron chi connectivity index (χ2n) is 4.03. The van der Waals surface area contributed by atoms with Crippen molar-refractivity contribution in [3.05, 3.63) is 34.9 Å². The summed E-state index contributed by atoms with van der Waals surface area (Å²) in [6.45, 7) is 1.26. The number of aliphatic carboxylic acids is 1. The Bertz CT molecular complexity index is 446. The van der Waals surface area contributed by atoms with E-state index in [9.17, 15) is 9.59 Å². The highest BCUT2D eigenvalue weighted by atomic mass is 35.5. The molecule has 5 nitrogen and oxygen atoms in total. The third-order valence-corrected chi connectivity index (χ3v) is 2.65. The van der Waals surface area contributed by atoms with Gasteiger partial charge in [0, 0.05) is 17.7 Å². The van der Waals surface area contributed by atoms with Gasteiger partial charge < -0.3 is 15.2 Å². The molecule has 1 amide bonds. The molecule has 1 atom stereocenters. The lowest BCUT2D eigenvalue weighted by molar-refractivity contribution is -0.145. The molecule has 0 aromatic heterocycles. The van der Waals surface area contributed by atoms with E-state index < -0.39 is 17.4 Å². The van der Waals surface area contributed by atoms with Crippen molar-refractivity contribution in [3.63, 3.8) is 0 Å². The van der Waals surface area contributed by atoms with Crippen molar-refractivity contribution in [2.45, 2.75) is 12.5 Å². The summed E-state index contributed by atoms with van der Waals surface area (Å²) < 4.78 is 4.81. The molecule has 18 heavy (non-hydrogen) atoms. The van der Waals surface area contributed by atoms with Gasteiger partial charge in [-0.2, -0.15) is 0 Å². The van der Waals surface area contributed by atoms with E-state index in [1.807, 2.05) is 0 Å². The molecule has 2 N–H and O–H groups in total. The SMILES string of the molecule is COCC(C)(NC(=O)c1ccc(Cl)cc1)C(=O)O. The lowest BCUT2D eigenvalue weighted by Crippen LogP contribution is -2.55. The molecule has 0 aliphatic heterocycles. The Kier molecular flexibility index (Phi) is 4.69. The van der Waals surface area contributed by atoms with E-state index in [0.717, 1.165) is 0 Å². The Morgan fingerprint density at radius 2 is 1.94 bits per heavy atom. The maximum atomic E-state index is 11.9. The van der Waals surface area contributed by atoms with Gasteiger partial charge in [-0.25, -0.2) is 4.79 Å². The minimum Gasteiger partial charge on any atom is -0.479 e. The molecule has 0 aliphatic carbocycles. The predicted molar refractivity (Wildman–Crippen MR) is 66.8 cm³/mol. The molecule has 0 heterocycles. The van der Waals surface area contributed by atoms with Crippen LogP contribution < -0.4 is 5.32 Å². The first-order valence-electron chi connectivity index (χ1n) is 5.19. The molecule has 98 valence electrons. The van der Waals surface area contributed by atoms with Crippen LogP contribution in [0.25, 0.3) is 0 Å². The number of halogens is 1. The molecule has 1 aromatic carbocycles. The quantitative estimate of drug-likeness (QED) is 0.852. The van der Waals surface area contributed by atoms with Crippen LogP contribution in [-0.4, -0.2) is 36.2 Å². The summed E-state index contributed by atoms with van der Waals surface area (Å²) in [4.78, 5) is 23.0. The Morgan fingerprint density at radius 3 is 2.39 bits per heavy atom. The zero-order valence-corrected chi connectivity index (χ0v) is 10.8. The molecule has 0 saturated carbocycles. The second kappa shape index (κ2) is 5.84. The first-order chi connectivity index (χ1) is 8.39. The summed E-state index contributed by atoms with van der Waals surface area (Å²) in [5.41, 5.74) is -1.13. The fraction of sp³-hybridized carbons (Fsp3) is 0.333. The van der Waals surface area contributed by atoms with E-state index in [1.165, 1.54) is 26.2 Å². The summed E-state index contributed by atoms with van der Waals surface area (Å²) in [5.74, 6) is -1.65. The summed E-state index contributed by atoms with van der Waals surface area (Å²) in [5, 5.41) is 12.0. The summed E-state index contributed by atoms with van der Waals surface area (Å²) in [7, 11) is 1.37.